The number of carbonyl (C=O) groups is 1. The first-order valence-electron chi connectivity index (χ1n) is 9.03. The van der Waals surface area contributed by atoms with E-state index in [4.69, 9.17) is 0 Å². The van der Waals surface area contributed by atoms with E-state index < -0.39 is 5.91 Å². The number of phenols is 2. The minimum absolute atomic E-state index is 0.252. The summed E-state index contributed by atoms with van der Waals surface area (Å²) in [5.74, 6) is -1.45. The number of pyridine rings is 1. The van der Waals surface area contributed by atoms with E-state index in [2.05, 4.69) is 15.5 Å². The molecule has 0 saturated heterocycles. The first-order chi connectivity index (χ1) is 14.5. The number of nitrogens with zero attached hydrogens (tertiary/aromatic N) is 2. The zero-order chi connectivity index (χ0) is 21.1. The fourth-order valence-corrected chi connectivity index (χ4v) is 3.01. The average Bonchev–Trinajstić information content (AvgIpc) is 2.76. The Hall–Kier alpha value is -4.26. The number of carbonyl (C=O) groups excluding carboxylic acids is 1. The smallest absolute Gasteiger partial charge is 0.272 e. The number of para-hydroxylation sites is 2. The number of hydrogen-bond donors (Lipinski definition) is 3. The van der Waals surface area contributed by atoms with Crippen LogP contribution in [0.15, 0.2) is 77.9 Å². The lowest BCUT2D eigenvalue weighted by Crippen LogP contribution is -2.18. The number of nitrogens with one attached hydrogen (secondary N) is 1. The molecule has 30 heavy (non-hydrogen) atoms. The van der Waals surface area contributed by atoms with Gasteiger partial charge in [-0.3, -0.25) is 4.79 Å². The van der Waals surface area contributed by atoms with E-state index in [9.17, 15) is 19.4 Å². The van der Waals surface area contributed by atoms with Crippen LogP contribution in [0.3, 0.4) is 0 Å². The van der Waals surface area contributed by atoms with Crippen LogP contribution in [0.2, 0.25) is 0 Å². The van der Waals surface area contributed by atoms with Gasteiger partial charge in [0.25, 0.3) is 5.91 Å². The lowest BCUT2D eigenvalue weighted by atomic mass is 10.0. The number of aromatic hydroxyl groups is 2. The molecule has 0 bridgehead atoms. The minimum Gasteiger partial charge on any atom is -0.504 e. The zero-order valence-electron chi connectivity index (χ0n) is 15.6. The Balaban J connectivity index is 1.68. The first kappa shape index (κ1) is 19.1. The fraction of sp³-hybridized carbons (Fsp3) is 0. The van der Waals surface area contributed by atoms with Crippen LogP contribution in [0, 0.1) is 5.82 Å². The fourth-order valence-electron chi connectivity index (χ4n) is 3.01. The van der Waals surface area contributed by atoms with Crippen LogP contribution in [0.1, 0.15) is 15.9 Å². The van der Waals surface area contributed by atoms with Crippen molar-refractivity contribution in [3.8, 4) is 22.8 Å². The SMILES string of the molecule is O=C(N/N=C/c1cccc(O)c1O)c1cc(-c2ccc(F)cc2)nc2ccccc12. The molecule has 148 valence electrons. The molecule has 3 N–H and O–H groups in total. The summed E-state index contributed by atoms with van der Waals surface area (Å²) in [4.78, 5) is 17.4. The van der Waals surface area contributed by atoms with Crippen molar-refractivity contribution in [2.45, 2.75) is 0 Å². The molecule has 1 heterocycles. The Morgan fingerprint density at radius 2 is 1.77 bits per heavy atom. The van der Waals surface area contributed by atoms with E-state index in [-0.39, 0.29) is 22.9 Å². The highest BCUT2D eigenvalue weighted by molar-refractivity contribution is 6.07. The van der Waals surface area contributed by atoms with Gasteiger partial charge in [0, 0.05) is 16.5 Å². The summed E-state index contributed by atoms with van der Waals surface area (Å²) in [6, 6.07) is 19.1. The Morgan fingerprint density at radius 3 is 2.57 bits per heavy atom. The summed E-state index contributed by atoms with van der Waals surface area (Å²) >= 11 is 0. The highest BCUT2D eigenvalue weighted by atomic mass is 19.1. The van der Waals surface area contributed by atoms with Gasteiger partial charge in [0.15, 0.2) is 11.5 Å². The van der Waals surface area contributed by atoms with Crippen LogP contribution < -0.4 is 5.43 Å². The predicted molar refractivity (Wildman–Crippen MR) is 112 cm³/mol. The maximum Gasteiger partial charge on any atom is 0.272 e. The lowest BCUT2D eigenvalue weighted by Gasteiger charge is -2.09. The summed E-state index contributed by atoms with van der Waals surface area (Å²) in [7, 11) is 0. The van der Waals surface area contributed by atoms with E-state index in [1.54, 1.807) is 48.5 Å². The number of rotatable bonds is 4. The monoisotopic (exact) mass is 401 g/mol. The molecule has 0 saturated carbocycles. The second-order valence-corrected chi connectivity index (χ2v) is 6.49. The van der Waals surface area contributed by atoms with Crippen LogP contribution in [0.4, 0.5) is 4.39 Å². The normalized spacial score (nSPS) is 11.1. The van der Waals surface area contributed by atoms with E-state index >= 15 is 0 Å². The average molecular weight is 401 g/mol. The van der Waals surface area contributed by atoms with Crippen LogP contribution >= 0.6 is 0 Å². The molecular formula is C23H16FN3O3. The Labute approximate surface area is 171 Å². The first-order valence-corrected chi connectivity index (χ1v) is 9.03. The van der Waals surface area contributed by atoms with E-state index in [1.165, 1.54) is 24.4 Å². The molecule has 0 spiro atoms. The van der Waals surface area contributed by atoms with Crippen LogP contribution in [-0.2, 0) is 0 Å². The molecule has 7 heteroatoms. The van der Waals surface area contributed by atoms with Crippen molar-refractivity contribution in [2.24, 2.45) is 5.10 Å². The quantitative estimate of drug-likeness (QED) is 0.271. The Kier molecular flexibility index (Phi) is 5.09. The molecular weight excluding hydrogens is 385 g/mol. The molecule has 3 aromatic carbocycles. The second-order valence-electron chi connectivity index (χ2n) is 6.49. The molecule has 0 aliphatic carbocycles. The van der Waals surface area contributed by atoms with Crippen molar-refractivity contribution in [3.63, 3.8) is 0 Å². The standard InChI is InChI=1S/C23H16FN3O3/c24-16-10-8-14(9-11-16)20-12-18(17-5-1-2-6-19(17)26-20)23(30)27-25-13-15-4-3-7-21(28)22(15)29/h1-13,28-29H,(H,27,30)/b25-13+. The number of phenolic OH excluding ortho intramolecular Hbond substituents is 2. The topological polar surface area (TPSA) is 94.8 Å². The number of fused-ring (bicyclic) bond motifs is 1. The molecule has 1 amide bonds. The summed E-state index contributed by atoms with van der Waals surface area (Å²) in [5, 5.41) is 23.9. The molecule has 0 fully saturated rings. The largest absolute Gasteiger partial charge is 0.504 e. The van der Waals surface area contributed by atoms with Gasteiger partial charge in [-0.2, -0.15) is 5.10 Å². The van der Waals surface area contributed by atoms with Gasteiger partial charge in [0.1, 0.15) is 5.82 Å². The highest BCUT2D eigenvalue weighted by Gasteiger charge is 2.14. The minimum atomic E-state index is -0.479. The maximum atomic E-state index is 13.3. The van der Waals surface area contributed by atoms with Crippen LogP contribution in [-0.4, -0.2) is 27.3 Å². The van der Waals surface area contributed by atoms with Gasteiger partial charge in [-0.05, 0) is 48.5 Å². The van der Waals surface area contributed by atoms with Gasteiger partial charge in [0.05, 0.1) is 23.0 Å². The summed E-state index contributed by atoms with van der Waals surface area (Å²) in [5.41, 5.74) is 4.82. The van der Waals surface area contributed by atoms with Crippen molar-refractivity contribution in [1.29, 1.82) is 0 Å². The summed E-state index contributed by atoms with van der Waals surface area (Å²) in [6.45, 7) is 0. The molecule has 6 nitrogen and oxygen atoms in total. The number of benzene rings is 3. The van der Waals surface area contributed by atoms with Gasteiger partial charge in [-0.15, -0.1) is 0 Å². The molecule has 0 radical (unpaired) electrons. The number of aromatic nitrogens is 1. The number of hydrazone groups is 1. The Morgan fingerprint density at radius 1 is 1.00 bits per heavy atom. The van der Waals surface area contributed by atoms with Gasteiger partial charge in [-0.25, -0.2) is 14.8 Å². The van der Waals surface area contributed by atoms with E-state index in [0.29, 0.717) is 27.7 Å². The second kappa shape index (κ2) is 8.00. The molecule has 4 aromatic rings. The highest BCUT2D eigenvalue weighted by Crippen LogP contribution is 2.27. The molecule has 0 aliphatic rings. The van der Waals surface area contributed by atoms with Crippen molar-refractivity contribution < 1.29 is 19.4 Å². The van der Waals surface area contributed by atoms with Crippen molar-refractivity contribution in [3.05, 3.63) is 89.7 Å². The third-order valence-corrected chi connectivity index (χ3v) is 4.52. The zero-order valence-corrected chi connectivity index (χ0v) is 15.6. The molecule has 0 aliphatic heterocycles. The molecule has 0 atom stereocenters. The third kappa shape index (κ3) is 3.81. The van der Waals surface area contributed by atoms with E-state index in [0.717, 1.165) is 0 Å². The number of hydrogen-bond acceptors (Lipinski definition) is 5. The Bertz CT molecular complexity index is 1270. The maximum absolute atomic E-state index is 13.3. The predicted octanol–water partition coefficient (Wildman–Crippen LogP) is 4.22. The van der Waals surface area contributed by atoms with Crippen LogP contribution in [0.25, 0.3) is 22.2 Å². The van der Waals surface area contributed by atoms with Crippen molar-refractivity contribution in [1.82, 2.24) is 10.4 Å². The van der Waals surface area contributed by atoms with Crippen molar-refractivity contribution >= 4 is 23.0 Å². The van der Waals surface area contributed by atoms with E-state index in [1.807, 2.05) is 6.07 Å². The van der Waals surface area contributed by atoms with Gasteiger partial charge >= 0.3 is 0 Å². The molecule has 0 unspecified atom stereocenters. The summed E-state index contributed by atoms with van der Waals surface area (Å²) in [6.07, 6.45) is 1.23. The van der Waals surface area contributed by atoms with Gasteiger partial charge < -0.3 is 10.2 Å². The molecule has 1 aromatic heterocycles. The van der Waals surface area contributed by atoms with Crippen LogP contribution in [0.5, 0.6) is 11.5 Å². The summed E-state index contributed by atoms with van der Waals surface area (Å²) < 4.78 is 13.3. The molecule has 4 rings (SSSR count). The lowest BCUT2D eigenvalue weighted by molar-refractivity contribution is 0.0956. The van der Waals surface area contributed by atoms with Gasteiger partial charge in [0.2, 0.25) is 0 Å². The van der Waals surface area contributed by atoms with Crippen molar-refractivity contribution in [2.75, 3.05) is 0 Å². The number of halogens is 1. The number of amides is 1. The third-order valence-electron chi connectivity index (χ3n) is 4.52. The van der Waals surface area contributed by atoms with Gasteiger partial charge in [-0.1, -0.05) is 24.3 Å².